The normalized spacial score (nSPS) is 13.7. The molecule has 0 amide bonds. The molecule has 0 fully saturated rings. The molecule has 0 aliphatic heterocycles. The predicted octanol–water partition coefficient (Wildman–Crippen LogP) is 2.00. The van der Waals surface area contributed by atoms with Crippen LogP contribution in [-0.2, 0) is 0 Å². The van der Waals surface area contributed by atoms with Crippen molar-refractivity contribution in [3.8, 4) is 5.69 Å². The largest absolute Gasteiger partial charge is 0.391 e. The van der Waals surface area contributed by atoms with E-state index in [0.29, 0.717) is 17.7 Å². The third-order valence-electron chi connectivity index (χ3n) is 3.83. The van der Waals surface area contributed by atoms with E-state index in [-0.39, 0.29) is 0 Å². The number of nitrogens with zero attached hydrogens (tertiary/aromatic N) is 2. The lowest BCUT2D eigenvalue weighted by Crippen LogP contribution is -2.35. The standard InChI is InChI=1S/C17H23N3O3/c1-4-5-11-14(21)15(12(2)3)20-17(23)19(16(22)18-20)13-9-7-6-8-10-13/h6-10,14-15,21H,2,4-5,11H2,1,3H3,(H,18,22)/t14-,15-/m0/s1. The highest BCUT2D eigenvalue weighted by atomic mass is 16.3. The second kappa shape index (κ2) is 7.28. The van der Waals surface area contributed by atoms with Crippen LogP contribution in [0.15, 0.2) is 52.1 Å². The molecule has 2 N–H and O–H groups in total. The van der Waals surface area contributed by atoms with Crippen LogP contribution >= 0.6 is 0 Å². The quantitative estimate of drug-likeness (QED) is 0.767. The maximum Gasteiger partial charge on any atom is 0.352 e. The summed E-state index contributed by atoms with van der Waals surface area (Å²) in [5.74, 6) is 0. The fraction of sp³-hybridized carbons (Fsp3) is 0.412. The number of H-pyrrole nitrogens is 1. The van der Waals surface area contributed by atoms with E-state index in [1.54, 1.807) is 31.2 Å². The van der Waals surface area contributed by atoms with E-state index in [1.807, 2.05) is 13.0 Å². The summed E-state index contributed by atoms with van der Waals surface area (Å²) in [5, 5.41) is 12.9. The van der Waals surface area contributed by atoms with Crippen LogP contribution in [0, 0.1) is 0 Å². The molecule has 1 heterocycles. The summed E-state index contributed by atoms with van der Waals surface area (Å²) < 4.78 is 2.24. The second-order valence-electron chi connectivity index (χ2n) is 5.74. The van der Waals surface area contributed by atoms with Gasteiger partial charge in [0, 0.05) is 0 Å². The number of benzene rings is 1. The van der Waals surface area contributed by atoms with Crippen LogP contribution in [0.2, 0.25) is 0 Å². The van der Waals surface area contributed by atoms with Gasteiger partial charge < -0.3 is 5.11 Å². The number of aliphatic hydroxyl groups is 1. The SMILES string of the molecule is C=C(C)[C@@H]([C@@H](O)CCCC)n1[nH]c(=O)n(-c2ccccc2)c1=O. The van der Waals surface area contributed by atoms with Crippen LogP contribution in [-0.4, -0.2) is 25.6 Å². The Bertz CT molecular complexity index is 770. The van der Waals surface area contributed by atoms with Gasteiger partial charge in [-0.15, -0.1) is 0 Å². The molecule has 0 radical (unpaired) electrons. The molecule has 0 bridgehead atoms. The fourth-order valence-electron chi connectivity index (χ4n) is 2.68. The number of para-hydroxylation sites is 1. The highest BCUT2D eigenvalue weighted by Crippen LogP contribution is 2.21. The molecule has 0 aliphatic carbocycles. The molecular weight excluding hydrogens is 294 g/mol. The van der Waals surface area contributed by atoms with E-state index >= 15 is 0 Å². The van der Waals surface area contributed by atoms with Crippen molar-refractivity contribution in [3.05, 3.63) is 63.5 Å². The van der Waals surface area contributed by atoms with Gasteiger partial charge in [0.1, 0.15) is 6.04 Å². The highest BCUT2D eigenvalue weighted by molar-refractivity contribution is 5.30. The Hall–Kier alpha value is -2.34. The van der Waals surface area contributed by atoms with Gasteiger partial charge in [-0.2, -0.15) is 0 Å². The van der Waals surface area contributed by atoms with E-state index < -0.39 is 23.5 Å². The molecule has 2 rings (SSSR count). The lowest BCUT2D eigenvalue weighted by molar-refractivity contribution is 0.109. The Kier molecular flexibility index (Phi) is 5.39. The van der Waals surface area contributed by atoms with Crippen LogP contribution in [0.3, 0.4) is 0 Å². The minimum atomic E-state index is -0.771. The van der Waals surface area contributed by atoms with E-state index in [0.717, 1.165) is 17.4 Å². The minimum Gasteiger partial charge on any atom is -0.391 e. The molecule has 124 valence electrons. The number of aliphatic hydroxyl groups excluding tert-OH is 1. The van der Waals surface area contributed by atoms with Gasteiger partial charge in [0.25, 0.3) is 0 Å². The molecule has 0 spiro atoms. The third kappa shape index (κ3) is 3.53. The fourth-order valence-corrected chi connectivity index (χ4v) is 2.68. The highest BCUT2D eigenvalue weighted by Gasteiger charge is 2.26. The molecule has 1 aromatic carbocycles. The average molecular weight is 317 g/mol. The van der Waals surface area contributed by atoms with Crippen molar-refractivity contribution in [2.24, 2.45) is 0 Å². The van der Waals surface area contributed by atoms with E-state index in [4.69, 9.17) is 0 Å². The van der Waals surface area contributed by atoms with Crippen molar-refractivity contribution in [1.82, 2.24) is 14.3 Å². The smallest absolute Gasteiger partial charge is 0.352 e. The minimum absolute atomic E-state index is 0.487. The lowest BCUT2D eigenvalue weighted by Gasteiger charge is -2.23. The first-order valence-electron chi connectivity index (χ1n) is 7.79. The maximum absolute atomic E-state index is 12.7. The average Bonchev–Trinajstić information content (AvgIpc) is 2.80. The summed E-state index contributed by atoms with van der Waals surface area (Å²) >= 11 is 0. The molecule has 0 saturated heterocycles. The number of hydrogen-bond donors (Lipinski definition) is 2. The molecule has 0 unspecified atom stereocenters. The number of aromatic nitrogens is 3. The zero-order valence-electron chi connectivity index (χ0n) is 13.5. The van der Waals surface area contributed by atoms with Crippen LogP contribution in [0.1, 0.15) is 39.2 Å². The van der Waals surface area contributed by atoms with E-state index in [1.165, 1.54) is 4.68 Å². The van der Waals surface area contributed by atoms with Crippen molar-refractivity contribution >= 4 is 0 Å². The first-order valence-corrected chi connectivity index (χ1v) is 7.79. The van der Waals surface area contributed by atoms with Crippen molar-refractivity contribution in [3.63, 3.8) is 0 Å². The summed E-state index contributed by atoms with van der Waals surface area (Å²) in [7, 11) is 0. The maximum atomic E-state index is 12.7. The molecule has 6 heteroatoms. The molecule has 23 heavy (non-hydrogen) atoms. The Labute approximate surface area is 134 Å². The second-order valence-corrected chi connectivity index (χ2v) is 5.74. The number of unbranched alkanes of at least 4 members (excludes halogenated alkanes) is 1. The van der Waals surface area contributed by atoms with Crippen LogP contribution in [0.4, 0.5) is 0 Å². The summed E-state index contributed by atoms with van der Waals surface area (Å²) in [4.78, 5) is 24.9. The van der Waals surface area contributed by atoms with E-state index in [9.17, 15) is 14.7 Å². The zero-order valence-corrected chi connectivity index (χ0v) is 13.5. The van der Waals surface area contributed by atoms with Crippen molar-refractivity contribution < 1.29 is 5.11 Å². The van der Waals surface area contributed by atoms with Gasteiger partial charge in [0.2, 0.25) is 0 Å². The van der Waals surface area contributed by atoms with Crippen molar-refractivity contribution in [1.29, 1.82) is 0 Å². The first-order chi connectivity index (χ1) is 11.0. The van der Waals surface area contributed by atoms with Gasteiger partial charge in [-0.05, 0) is 25.5 Å². The van der Waals surface area contributed by atoms with Crippen LogP contribution < -0.4 is 11.4 Å². The molecule has 6 nitrogen and oxygen atoms in total. The molecule has 0 saturated carbocycles. The summed E-state index contributed by atoms with van der Waals surface area (Å²) in [5.41, 5.74) is 0.0677. The molecule has 0 aliphatic rings. The van der Waals surface area contributed by atoms with E-state index in [2.05, 4.69) is 11.7 Å². The number of hydrogen-bond acceptors (Lipinski definition) is 3. The summed E-state index contributed by atoms with van der Waals surface area (Å²) in [6, 6.07) is 8.04. The zero-order chi connectivity index (χ0) is 17.0. The van der Waals surface area contributed by atoms with Gasteiger partial charge in [-0.1, -0.05) is 50.1 Å². The monoisotopic (exact) mass is 317 g/mol. The summed E-state index contributed by atoms with van der Waals surface area (Å²) in [6.45, 7) is 7.63. The number of nitrogens with one attached hydrogen (secondary N) is 1. The van der Waals surface area contributed by atoms with Gasteiger partial charge in [0.05, 0.1) is 11.8 Å². The third-order valence-corrected chi connectivity index (χ3v) is 3.83. The van der Waals surface area contributed by atoms with Gasteiger partial charge in [-0.25, -0.2) is 23.9 Å². The molecule has 2 atom stereocenters. The van der Waals surface area contributed by atoms with Crippen molar-refractivity contribution in [2.75, 3.05) is 0 Å². The predicted molar refractivity (Wildman–Crippen MR) is 90.0 cm³/mol. The van der Waals surface area contributed by atoms with Crippen molar-refractivity contribution in [2.45, 2.75) is 45.3 Å². The number of aromatic amines is 1. The van der Waals surface area contributed by atoms with Crippen LogP contribution in [0.5, 0.6) is 0 Å². The van der Waals surface area contributed by atoms with Gasteiger partial charge in [-0.3, -0.25) is 0 Å². The number of rotatable bonds is 7. The Morgan fingerprint density at radius 3 is 2.52 bits per heavy atom. The Morgan fingerprint density at radius 1 is 1.30 bits per heavy atom. The van der Waals surface area contributed by atoms with Crippen LogP contribution in [0.25, 0.3) is 5.69 Å². The summed E-state index contributed by atoms with van der Waals surface area (Å²) in [6.07, 6.45) is 1.55. The van der Waals surface area contributed by atoms with Gasteiger partial charge in [0.15, 0.2) is 0 Å². The molecule has 1 aromatic heterocycles. The first kappa shape index (κ1) is 17.0. The lowest BCUT2D eigenvalue weighted by atomic mass is 10.00. The molecular formula is C17H23N3O3. The Balaban J connectivity index is 2.49. The molecule has 2 aromatic rings. The Morgan fingerprint density at radius 2 is 1.96 bits per heavy atom. The van der Waals surface area contributed by atoms with Gasteiger partial charge >= 0.3 is 11.4 Å². The topological polar surface area (TPSA) is 80.0 Å².